The molecule has 0 saturated heterocycles. The SMILES string of the molecule is CCCc1cc2c(=O)c(-c3ccc4c(c3)OCCO4)coc2c(CN(C)C)c1O.Cl. The maximum Gasteiger partial charge on any atom is 0.200 e. The molecule has 0 saturated carbocycles. The molecule has 6 nitrogen and oxygen atoms in total. The van der Waals surface area contributed by atoms with Gasteiger partial charge in [-0.05, 0) is 49.8 Å². The molecule has 1 aliphatic heterocycles. The van der Waals surface area contributed by atoms with E-state index in [1.54, 1.807) is 12.1 Å². The summed E-state index contributed by atoms with van der Waals surface area (Å²) in [5, 5.41) is 11.2. The van der Waals surface area contributed by atoms with Crippen LogP contribution in [0.2, 0.25) is 0 Å². The van der Waals surface area contributed by atoms with E-state index in [4.69, 9.17) is 13.9 Å². The Kier molecular flexibility index (Phi) is 6.58. The second-order valence-corrected chi connectivity index (χ2v) is 7.56. The van der Waals surface area contributed by atoms with Gasteiger partial charge in [-0.3, -0.25) is 4.79 Å². The molecule has 0 bridgehead atoms. The van der Waals surface area contributed by atoms with Crippen molar-refractivity contribution in [2.24, 2.45) is 0 Å². The molecular formula is C23H26ClNO5. The normalized spacial score (nSPS) is 12.8. The third-order valence-electron chi connectivity index (χ3n) is 5.06. The molecule has 2 heterocycles. The molecule has 0 aliphatic carbocycles. The van der Waals surface area contributed by atoms with E-state index in [0.29, 0.717) is 65.3 Å². The number of aryl methyl sites for hydroxylation is 1. The fourth-order valence-corrected chi connectivity index (χ4v) is 3.72. The fraction of sp³-hybridized carbons (Fsp3) is 0.348. The van der Waals surface area contributed by atoms with Crippen LogP contribution in [0.15, 0.2) is 39.7 Å². The summed E-state index contributed by atoms with van der Waals surface area (Å²) < 4.78 is 17.1. The largest absolute Gasteiger partial charge is 0.507 e. The molecule has 0 unspecified atom stereocenters. The maximum atomic E-state index is 13.4. The summed E-state index contributed by atoms with van der Waals surface area (Å²) in [5.74, 6) is 1.51. The lowest BCUT2D eigenvalue weighted by Gasteiger charge is -2.19. The van der Waals surface area contributed by atoms with Crippen molar-refractivity contribution in [2.45, 2.75) is 26.3 Å². The first-order valence-electron chi connectivity index (χ1n) is 9.83. The molecule has 2 aromatic carbocycles. The second-order valence-electron chi connectivity index (χ2n) is 7.56. The van der Waals surface area contributed by atoms with E-state index in [1.165, 1.54) is 6.26 Å². The summed E-state index contributed by atoms with van der Waals surface area (Å²) in [5.41, 5.74) is 2.88. The maximum absolute atomic E-state index is 13.4. The van der Waals surface area contributed by atoms with Gasteiger partial charge < -0.3 is 23.9 Å². The molecule has 7 heteroatoms. The average Bonchev–Trinajstić information content (AvgIpc) is 2.71. The summed E-state index contributed by atoms with van der Waals surface area (Å²) in [7, 11) is 3.83. The standard InChI is InChI=1S/C23H25NO5.ClH/c1-4-5-15-10-16-22(26)18(13-29-23(16)17(21(15)25)12-24(2)3)14-6-7-19-20(11-14)28-9-8-27-19;/h6-7,10-11,13,25H,4-5,8-9,12H2,1-3H3;1H. The fourth-order valence-electron chi connectivity index (χ4n) is 3.72. The Morgan fingerprint density at radius 3 is 2.53 bits per heavy atom. The van der Waals surface area contributed by atoms with Crippen LogP contribution in [-0.2, 0) is 13.0 Å². The van der Waals surface area contributed by atoms with Gasteiger partial charge in [-0.2, -0.15) is 0 Å². The van der Waals surface area contributed by atoms with E-state index in [1.807, 2.05) is 38.1 Å². The van der Waals surface area contributed by atoms with Crippen LogP contribution in [0.5, 0.6) is 17.2 Å². The number of benzene rings is 2. The topological polar surface area (TPSA) is 72.1 Å². The molecule has 0 atom stereocenters. The van der Waals surface area contributed by atoms with Gasteiger partial charge in [-0.1, -0.05) is 19.4 Å². The van der Waals surface area contributed by atoms with E-state index < -0.39 is 0 Å². The van der Waals surface area contributed by atoms with Crippen molar-refractivity contribution < 1.29 is 19.0 Å². The van der Waals surface area contributed by atoms with Gasteiger partial charge in [-0.25, -0.2) is 0 Å². The lowest BCUT2D eigenvalue weighted by Crippen LogP contribution is -2.15. The van der Waals surface area contributed by atoms with Gasteiger partial charge in [0, 0.05) is 6.54 Å². The Bertz CT molecular complexity index is 1120. The van der Waals surface area contributed by atoms with Gasteiger partial charge in [0.25, 0.3) is 0 Å². The van der Waals surface area contributed by atoms with Crippen LogP contribution in [0.25, 0.3) is 22.1 Å². The van der Waals surface area contributed by atoms with Gasteiger partial charge in [0.05, 0.1) is 16.5 Å². The lowest BCUT2D eigenvalue weighted by atomic mass is 9.98. The number of aromatic hydroxyl groups is 1. The summed E-state index contributed by atoms with van der Waals surface area (Å²) in [6, 6.07) is 7.21. The van der Waals surface area contributed by atoms with Crippen molar-refractivity contribution in [3.63, 3.8) is 0 Å². The van der Waals surface area contributed by atoms with Crippen molar-refractivity contribution in [2.75, 3.05) is 27.3 Å². The Hall–Kier alpha value is -2.70. The highest BCUT2D eigenvalue weighted by Gasteiger charge is 2.20. The number of ether oxygens (including phenoxy) is 2. The number of nitrogens with zero attached hydrogens (tertiary/aromatic N) is 1. The molecule has 1 aliphatic rings. The van der Waals surface area contributed by atoms with Gasteiger partial charge >= 0.3 is 0 Å². The minimum absolute atomic E-state index is 0. The minimum atomic E-state index is -0.125. The first-order chi connectivity index (χ1) is 14.0. The highest BCUT2D eigenvalue weighted by atomic mass is 35.5. The lowest BCUT2D eigenvalue weighted by molar-refractivity contribution is 0.171. The van der Waals surface area contributed by atoms with E-state index >= 15 is 0 Å². The summed E-state index contributed by atoms with van der Waals surface area (Å²) >= 11 is 0. The predicted molar refractivity (Wildman–Crippen MR) is 119 cm³/mol. The highest BCUT2D eigenvalue weighted by molar-refractivity contribution is 5.87. The molecule has 160 valence electrons. The zero-order chi connectivity index (χ0) is 20.5. The summed E-state index contributed by atoms with van der Waals surface area (Å²) in [6.45, 7) is 3.52. The molecule has 3 aromatic rings. The van der Waals surface area contributed by atoms with Gasteiger partial charge in [0.15, 0.2) is 11.5 Å². The molecule has 4 rings (SSSR count). The highest BCUT2D eigenvalue weighted by Crippen LogP contribution is 2.36. The van der Waals surface area contributed by atoms with Crippen molar-refractivity contribution in [3.05, 3.63) is 51.9 Å². The Labute approximate surface area is 181 Å². The quantitative estimate of drug-likeness (QED) is 0.646. The van der Waals surface area contributed by atoms with Crippen LogP contribution in [0.4, 0.5) is 0 Å². The van der Waals surface area contributed by atoms with Crippen LogP contribution in [0.3, 0.4) is 0 Å². The molecule has 30 heavy (non-hydrogen) atoms. The van der Waals surface area contributed by atoms with Gasteiger partial charge in [0.2, 0.25) is 5.43 Å². The van der Waals surface area contributed by atoms with Crippen molar-refractivity contribution in [1.82, 2.24) is 4.90 Å². The van der Waals surface area contributed by atoms with Crippen LogP contribution in [0.1, 0.15) is 24.5 Å². The predicted octanol–water partition coefficient (Wildman–Crippen LogP) is 4.37. The Morgan fingerprint density at radius 2 is 1.83 bits per heavy atom. The molecule has 1 N–H and O–H groups in total. The Morgan fingerprint density at radius 1 is 1.10 bits per heavy atom. The molecule has 0 spiro atoms. The second kappa shape index (κ2) is 8.98. The first-order valence-corrected chi connectivity index (χ1v) is 9.83. The first kappa shape index (κ1) is 22.0. The zero-order valence-electron chi connectivity index (χ0n) is 17.4. The molecule has 0 amide bonds. The van der Waals surface area contributed by atoms with Crippen LogP contribution in [0, 0.1) is 0 Å². The average molecular weight is 432 g/mol. The van der Waals surface area contributed by atoms with E-state index in [0.717, 1.165) is 12.0 Å². The monoisotopic (exact) mass is 431 g/mol. The van der Waals surface area contributed by atoms with Crippen molar-refractivity contribution in [3.8, 4) is 28.4 Å². The van der Waals surface area contributed by atoms with Crippen LogP contribution in [-0.4, -0.2) is 37.3 Å². The molecular weight excluding hydrogens is 406 g/mol. The smallest absolute Gasteiger partial charge is 0.200 e. The van der Waals surface area contributed by atoms with E-state index in [-0.39, 0.29) is 23.6 Å². The van der Waals surface area contributed by atoms with E-state index in [9.17, 15) is 9.90 Å². The number of halogens is 1. The van der Waals surface area contributed by atoms with Crippen molar-refractivity contribution >= 4 is 23.4 Å². The summed E-state index contributed by atoms with van der Waals surface area (Å²) in [6.07, 6.45) is 3.03. The number of phenolic OH excluding ortho intramolecular Hbond substituents is 1. The third-order valence-corrected chi connectivity index (χ3v) is 5.06. The number of phenols is 1. The van der Waals surface area contributed by atoms with Gasteiger partial charge in [0.1, 0.15) is 30.8 Å². The van der Waals surface area contributed by atoms with Crippen LogP contribution < -0.4 is 14.9 Å². The third kappa shape index (κ3) is 3.98. The van der Waals surface area contributed by atoms with Crippen molar-refractivity contribution in [1.29, 1.82) is 0 Å². The number of rotatable bonds is 5. The van der Waals surface area contributed by atoms with Gasteiger partial charge in [-0.15, -0.1) is 12.4 Å². The molecule has 0 fully saturated rings. The van der Waals surface area contributed by atoms with E-state index in [2.05, 4.69) is 0 Å². The Balaban J connectivity index is 0.00000256. The number of fused-ring (bicyclic) bond motifs is 2. The molecule has 1 aromatic heterocycles. The zero-order valence-corrected chi connectivity index (χ0v) is 18.2. The summed E-state index contributed by atoms with van der Waals surface area (Å²) in [4.78, 5) is 15.3. The van der Waals surface area contributed by atoms with Crippen LogP contribution >= 0.6 is 12.4 Å². The minimum Gasteiger partial charge on any atom is -0.507 e. The number of hydrogen-bond acceptors (Lipinski definition) is 6. The molecule has 0 radical (unpaired) electrons. The number of hydrogen-bond donors (Lipinski definition) is 1.